The summed E-state index contributed by atoms with van der Waals surface area (Å²) in [5.41, 5.74) is 1.10. The Morgan fingerprint density at radius 3 is 2.52 bits per heavy atom. The quantitative estimate of drug-likeness (QED) is 0.480. The molecule has 0 bridgehead atoms. The van der Waals surface area contributed by atoms with Gasteiger partial charge in [0, 0.05) is 10.6 Å². The van der Waals surface area contributed by atoms with Crippen molar-refractivity contribution in [1.29, 1.82) is 0 Å². The molecule has 0 saturated heterocycles. The second kappa shape index (κ2) is 7.55. The van der Waals surface area contributed by atoms with Gasteiger partial charge in [-0.25, -0.2) is 4.79 Å². The van der Waals surface area contributed by atoms with Crippen LogP contribution in [0.25, 0.3) is 0 Å². The van der Waals surface area contributed by atoms with Gasteiger partial charge < -0.3 is 19.7 Å². The van der Waals surface area contributed by atoms with E-state index in [1.165, 1.54) is 19.1 Å². The van der Waals surface area contributed by atoms with Gasteiger partial charge in [0.1, 0.15) is 5.69 Å². The number of nitrogens with zero attached hydrogens (tertiary/aromatic N) is 1. The van der Waals surface area contributed by atoms with E-state index in [1.807, 2.05) is 6.92 Å². The number of fused-ring (bicyclic) bond motifs is 1. The first-order valence-electron chi connectivity index (χ1n) is 9.25. The molecule has 31 heavy (non-hydrogen) atoms. The number of hydrogen-bond acceptors (Lipinski definition) is 7. The number of carbonyl (C=O) groups is 2. The van der Waals surface area contributed by atoms with Gasteiger partial charge in [-0.15, -0.1) is 0 Å². The number of methoxy groups -OCH3 is 2. The maximum absolute atomic E-state index is 13.4. The van der Waals surface area contributed by atoms with Crippen molar-refractivity contribution in [2.45, 2.75) is 13.5 Å². The highest BCUT2D eigenvalue weighted by molar-refractivity contribution is 6.33. The lowest BCUT2D eigenvalue weighted by Gasteiger charge is -2.20. The summed E-state index contributed by atoms with van der Waals surface area (Å²) in [5.74, 6) is -1.08. The molecule has 8 nitrogen and oxygen atoms in total. The molecule has 9 heteroatoms. The minimum atomic E-state index is -0.731. The highest BCUT2D eigenvalue weighted by atomic mass is 35.5. The van der Waals surface area contributed by atoms with Gasteiger partial charge in [-0.1, -0.05) is 17.7 Å². The van der Waals surface area contributed by atoms with Crippen molar-refractivity contribution >= 4 is 40.5 Å². The maximum atomic E-state index is 13.4. The average Bonchev–Trinajstić information content (AvgIpc) is 3.12. The molecule has 3 aromatic carbocycles. The van der Waals surface area contributed by atoms with E-state index in [9.17, 15) is 19.2 Å². The van der Waals surface area contributed by atoms with Gasteiger partial charge in [-0.2, -0.15) is 0 Å². The first kappa shape index (κ1) is 20.6. The SMILES string of the molecule is COC(=O)c1ccc(C)cc1N1Cc2c(Cl)ccc(Nc3c(OC)c(=O)c3=O)c2C1=O. The second-order valence-electron chi connectivity index (χ2n) is 7.04. The van der Waals surface area contributed by atoms with Crippen LogP contribution in [0.1, 0.15) is 31.8 Å². The number of anilines is 3. The summed E-state index contributed by atoms with van der Waals surface area (Å²) in [4.78, 5) is 50.7. The van der Waals surface area contributed by atoms with E-state index in [0.29, 0.717) is 22.0 Å². The first-order valence-corrected chi connectivity index (χ1v) is 9.62. The lowest BCUT2D eigenvalue weighted by molar-refractivity contribution is 0.0601. The monoisotopic (exact) mass is 440 g/mol. The van der Waals surface area contributed by atoms with Gasteiger partial charge in [-0.3, -0.25) is 14.4 Å². The third-order valence-corrected chi connectivity index (χ3v) is 5.56. The third-order valence-electron chi connectivity index (χ3n) is 5.21. The summed E-state index contributed by atoms with van der Waals surface area (Å²) >= 11 is 6.36. The highest BCUT2D eigenvalue weighted by Gasteiger charge is 2.36. The van der Waals surface area contributed by atoms with E-state index >= 15 is 0 Å². The van der Waals surface area contributed by atoms with E-state index in [0.717, 1.165) is 5.56 Å². The smallest absolute Gasteiger partial charge is 0.339 e. The van der Waals surface area contributed by atoms with E-state index in [4.69, 9.17) is 21.1 Å². The topological polar surface area (TPSA) is 102 Å². The number of halogens is 1. The number of benzene rings is 2. The molecule has 1 aliphatic heterocycles. The zero-order chi connectivity index (χ0) is 22.4. The van der Waals surface area contributed by atoms with Gasteiger partial charge in [0.05, 0.1) is 43.3 Å². The molecule has 0 radical (unpaired) electrons. The fourth-order valence-electron chi connectivity index (χ4n) is 3.65. The lowest BCUT2D eigenvalue weighted by atomic mass is 10.1. The number of ether oxygens (including phenoxy) is 2. The van der Waals surface area contributed by atoms with Crippen LogP contribution in [0.5, 0.6) is 5.75 Å². The minimum absolute atomic E-state index is 0.0194. The van der Waals surface area contributed by atoms with Crippen molar-refractivity contribution in [3.63, 3.8) is 0 Å². The van der Waals surface area contributed by atoms with Gasteiger partial charge in [0.2, 0.25) is 0 Å². The lowest BCUT2D eigenvalue weighted by Crippen LogP contribution is -2.34. The Bertz CT molecular complexity index is 1320. The van der Waals surface area contributed by atoms with Crippen molar-refractivity contribution < 1.29 is 19.1 Å². The maximum Gasteiger partial charge on any atom is 0.339 e. The zero-order valence-corrected chi connectivity index (χ0v) is 17.6. The first-order chi connectivity index (χ1) is 14.8. The molecular formula is C22H17ClN2O6. The number of carbonyl (C=O) groups excluding carboxylic acids is 2. The largest absolute Gasteiger partial charge is 0.491 e. The third kappa shape index (κ3) is 3.16. The summed E-state index contributed by atoms with van der Waals surface area (Å²) in [6.07, 6.45) is 0. The molecule has 1 N–H and O–H groups in total. The molecule has 0 unspecified atom stereocenters. The molecular weight excluding hydrogens is 424 g/mol. The fourth-order valence-corrected chi connectivity index (χ4v) is 3.86. The number of nitrogens with one attached hydrogen (secondary N) is 1. The molecule has 1 amide bonds. The molecule has 0 saturated carbocycles. The van der Waals surface area contributed by atoms with Crippen LogP contribution in [0, 0.1) is 6.92 Å². The van der Waals surface area contributed by atoms with Crippen molar-refractivity contribution in [2.75, 3.05) is 24.4 Å². The Morgan fingerprint density at radius 1 is 1.10 bits per heavy atom. The summed E-state index contributed by atoms with van der Waals surface area (Å²) in [5, 5.41) is 3.20. The fraction of sp³-hybridized carbons (Fsp3) is 0.182. The second-order valence-corrected chi connectivity index (χ2v) is 7.45. The Morgan fingerprint density at radius 2 is 1.84 bits per heavy atom. The molecule has 0 aliphatic carbocycles. The van der Waals surface area contributed by atoms with Crippen molar-refractivity contribution in [3.05, 3.63) is 78.1 Å². The van der Waals surface area contributed by atoms with E-state index in [-0.39, 0.29) is 29.1 Å². The van der Waals surface area contributed by atoms with E-state index in [1.54, 1.807) is 30.3 Å². The minimum Gasteiger partial charge on any atom is -0.491 e. The van der Waals surface area contributed by atoms with Crippen LogP contribution in [0.2, 0.25) is 5.02 Å². The Labute approximate surface area is 181 Å². The highest BCUT2D eigenvalue weighted by Crippen LogP contribution is 2.39. The van der Waals surface area contributed by atoms with Crippen LogP contribution in [0.15, 0.2) is 39.9 Å². The van der Waals surface area contributed by atoms with Gasteiger partial charge in [0.15, 0.2) is 5.75 Å². The Balaban J connectivity index is 1.80. The number of esters is 1. The van der Waals surface area contributed by atoms with Gasteiger partial charge in [-0.05, 0) is 36.8 Å². The van der Waals surface area contributed by atoms with Crippen LogP contribution < -0.4 is 25.8 Å². The van der Waals surface area contributed by atoms with E-state index in [2.05, 4.69) is 5.32 Å². The van der Waals surface area contributed by atoms with Crippen LogP contribution in [0.4, 0.5) is 17.1 Å². The van der Waals surface area contributed by atoms with Crippen LogP contribution >= 0.6 is 11.6 Å². The molecule has 3 aromatic rings. The summed E-state index contributed by atoms with van der Waals surface area (Å²) in [7, 11) is 2.55. The molecule has 1 heterocycles. The Hall–Kier alpha value is -3.65. The van der Waals surface area contributed by atoms with Crippen LogP contribution in [-0.2, 0) is 11.3 Å². The summed E-state index contributed by atoms with van der Waals surface area (Å²) in [6, 6.07) is 8.21. The number of hydrogen-bond donors (Lipinski definition) is 1. The van der Waals surface area contributed by atoms with Crippen molar-refractivity contribution in [3.8, 4) is 5.75 Å². The molecule has 0 aromatic heterocycles. The van der Waals surface area contributed by atoms with Crippen molar-refractivity contribution in [1.82, 2.24) is 0 Å². The average molecular weight is 441 g/mol. The zero-order valence-electron chi connectivity index (χ0n) is 16.9. The number of aryl methyl sites for hydroxylation is 1. The molecule has 4 rings (SSSR count). The molecule has 1 aliphatic rings. The predicted octanol–water partition coefficient (Wildman–Crippen LogP) is 2.94. The molecule has 158 valence electrons. The van der Waals surface area contributed by atoms with Crippen molar-refractivity contribution in [2.24, 2.45) is 0 Å². The molecule has 0 spiro atoms. The van der Waals surface area contributed by atoms with Gasteiger partial charge >= 0.3 is 5.97 Å². The number of amides is 1. The van der Waals surface area contributed by atoms with Crippen LogP contribution in [-0.4, -0.2) is 26.1 Å². The standard InChI is InChI=1S/C22H17ClN2O6/c1-10-4-5-11(22(29)31-3)15(8-10)25-9-12-13(23)6-7-14(16(12)21(25)28)24-17-18(26)19(27)20(17)30-2/h4-8,24H,9H2,1-3H3. The molecule has 0 atom stereocenters. The normalized spacial score (nSPS) is 12.8. The summed E-state index contributed by atoms with van der Waals surface area (Å²) < 4.78 is 9.81. The summed E-state index contributed by atoms with van der Waals surface area (Å²) in [6.45, 7) is 1.97. The number of rotatable bonds is 5. The van der Waals surface area contributed by atoms with Gasteiger partial charge in [0.25, 0.3) is 16.8 Å². The predicted molar refractivity (Wildman–Crippen MR) is 116 cm³/mol. The molecule has 0 fully saturated rings. The Kier molecular flexibility index (Phi) is 5.02. The van der Waals surface area contributed by atoms with E-state index < -0.39 is 22.7 Å². The van der Waals surface area contributed by atoms with Crippen LogP contribution in [0.3, 0.4) is 0 Å².